The number of benzene rings is 1. The van der Waals surface area contributed by atoms with Crippen LogP contribution in [0.3, 0.4) is 0 Å². The number of hydrogen-bond donors (Lipinski definition) is 4. The zero-order valence-electron chi connectivity index (χ0n) is 15.0. The number of aliphatic hydroxyl groups is 3. The summed E-state index contributed by atoms with van der Waals surface area (Å²) in [4.78, 5) is 12.9. The summed E-state index contributed by atoms with van der Waals surface area (Å²) in [6, 6.07) is 7.43. The minimum Gasteiger partial charge on any atom is -0.394 e. The predicted molar refractivity (Wildman–Crippen MR) is 102 cm³/mol. The third-order valence-corrected chi connectivity index (χ3v) is 5.13. The standard InChI is InChI=1S/C18H20ClN5O4/c1-9(10-2-4-11(19)5-3-10)23-16-13-17(21-7-20-16)24(8-22-13)18-15(27)14(26)12(6-25)28-18/h2-5,7-9,12,14-15,18,25-27H,6H2,1H3,(H,20,21,23). The average molecular weight is 406 g/mol. The summed E-state index contributed by atoms with van der Waals surface area (Å²) in [7, 11) is 0. The van der Waals surface area contributed by atoms with Crippen molar-refractivity contribution in [1.82, 2.24) is 19.5 Å². The fourth-order valence-electron chi connectivity index (χ4n) is 3.29. The van der Waals surface area contributed by atoms with E-state index in [4.69, 9.17) is 16.3 Å². The first-order chi connectivity index (χ1) is 13.5. The maximum absolute atomic E-state index is 10.3. The summed E-state index contributed by atoms with van der Waals surface area (Å²) in [6.45, 7) is 1.59. The molecule has 3 aromatic rings. The highest BCUT2D eigenvalue weighted by molar-refractivity contribution is 6.30. The normalized spacial score (nSPS) is 25.9. The molecule has 0 bridgehead atoms. The van der Waals surface area contributed by atoms with Crippen LogP contribution in [0.15, 0.2) is 36.9 Å². The molecule has 4 rings (SSSR count). The Kier molecular flexibility index (Phi) is 5.17. The molecule has 3 heterocycles. The summed E-state index contributed by atoms with van der Waals surface area (Å²) < 4.78 is 7.10. The van der Waals surface area contributed by atoms with Crippen molar-refractivity contribution in [3.05, 3.63) is 47.5 Å². The third kappa shape index (κ3) is 3.31. The number of ether oxygens (including phenoxy) is 1. The lowest BCUT2D eigenvalue weighted by Crippen LogP contribution is -2.33. The van der Waals surface area contributed by atoms with Crippen LogP contribution >= 0.6 is 11.6 Å². The molecule has 0 radical (unpaired) electrons. The Morgan fingerprint density at radius 2 is 1.93 bits per heavy atom. The largest absolute Gasteiger partial charge is 0.394 e. The van der Waals surface area contributed by atoms with Gasteiger partial charge in [0, 0.05) is 5.02 Å². The fourth-order valence-corrected chi connectivity index (χ4v) is 3.42. The molecule has 148 valence electrons. The lowest BCUT2D eigenvalue weighted by molar-refractivity contribution is -0.0511. The summed E-state index contributed by atoms with van der Waals surface area (Å²) >= 11 is 5.94. The molecule has 1 aliphatic rings. The molecule has 0 amide bonds. The van der Waals surface area contributed by atoms with E-state index >= 15 is 0 Å². The van der Waals surface area contributed by atoms with E-state index in [2.05, 4.69) is 20.3 Å². The number of aliphatic hydroxyl groups excluding tert-OH is 3. The van der Waals surface area contributed by atoms with Crippen molar-refractivity contribution in [3.8, 4) is 0 Å². The number of anilines is 1. The van der Waals surface area contributed by atoms with Gasteiger partial charge in [0.25, 0.3) is 0 Å². The van der Waals surface area contributed by atoms with Gasteiger partial charge < -0.3 is 25.4 Å². The van der Waals surface area contributed by atoms with Gasteiger partial charge >= 0.3 is 0 Å². The second-order valence-corrected chi connectivity index (χ2v) is 7.13. The van der Waals surface area contributed by atoms with E-state index in [1.54, 1.807) is 0 Å². The van der Waals surface area contributed by atoms with Crippen molar-refractivity contribution < 1.29 is 20.1 Å². The van der Waals surface area contributed by atoms with E-state index in [0.717, 1.165) is 5.56 Å². The number of fused-ring (bicyclic) bond motifs is 1. The molecule has 10 heteroatoms. The van der Waals surface area contributed by atoms with Crippen molar-refractivity contribution in [3.63, 3.8) is 0 Å². The van der Waals surface area contributed by atoms with Crippen LogP contribution in [0.5, 0.6) is 0 Å². The Labute approximate surface area is 165 Å². The van der Waals surface area contributed by atoms with E-state index in [0.29, 0.717) is 22.0 Å². The predicted octanol–water partition coefficient (Wildman–Crippen LogP) is 1.26. The van der Waals surface area contributed by atoms with E-state index in [1.807, 2.05) is 31.2 Å². The fraction of sp³-hybridized carbons (Fsp3) is 0.389. The maximum Gasteiger partial charge on any atom is 0.167 e. The number of nitrogens with zero attached hydrogens (tertiary/aromatic N) is 4. The highest BCUT2D eigenvalue weighted by atomic mass is 35.5. The van der Waals surface area contributed by atoms with Crippen LogP contribution in [-0.2, 0) is 4.74 Å². The molecule has 5 unspecified atom stereocenters. The van der Waals surface area contributed by atoms with Crippen molar-refractivity contribution in [2.75, 3.05) is 11.9 Å². The maximum atomic E-state index is 10.3. The molecule has 1 aliphatic heterocycles. The van der Waals surface area contributed by atoms with Gasteiger partial charge in [-0.15, -0.1) is 0 Å². The lowest BCUT2D eigenvalue weighted by Gasteiger charge is -2.17. The molecular formula is C18H20ClN5O4. The monoisotopic (exact) mass is 405 g/mol. The Balaban J connectivity index is 1.63. The van der Waals surface area contributed by atoms with Crippen LogP contribution in [0.25, 0.3) is 11.2 Å². The van der Waals surface area contributed by atoms with Gasteiger partial charge in [-0.25, -0.2) is 15.0 Å². The number of halogens is 1. The number of hydrogen-bond acceptors (Lipinski definition) is 8. The number of imidazole rings is 1. The van der Waals surface area contributed by atoms with Gasteiger partial charge in [0.2, 0.25) is 0 Å². The topological polar surface area (TPSA) is 126 Å². The molecule has 9 nitrogen and oxygen atoms in total. The Bertz CT molecular complexity index is 966. The molecule has 4 N–H and O–H groups in total. The molecule has 1 saturated heterocycles. The minimum absolute atomic E-state index is 0.0607. The molecule has 2 aromatic heterocycles. The van der Waals surface area contributed by atoms with Crippen molar-refractivity contribution in [1.29, 1.82) is 0 Å². The average Bonchev–Trinajstić information content (AvgIpc) is 3.24. The van der Waals surface area contributed by atoms with Gasteiger partial charge in [-0.2, -0.15) is 0 Å². The molecule has 1 fully saturated rings. The van der Waals surface area contributed by atoms with Gasteiger partial charge in [0.15, 0.2) is 23.2 Å². The number of aromatic nitrogens is 4. The first-order valence-electron chi connectivity index (χ1n) is 8.81. The van der Waals surface area contributed by atoms with Gasteiger partial charge in [-0.1, -0.05) is 23.7 Å². The lowest BCUT2D eigenvalue weighted by atomic mass is 10.1. The quantitative estimate of drug-likeness (QED) is 0.500. The van der Waals surface area contributed by atoms with Crippen LogP contribution in [0.4, 0.5) is 5.82 Å². The molecule has 0 aliphatic carbocycles. The summed E-state index contributed by atoms with van der Waals surface area (Å²) in [5, 5.41) is 33.5. The minimum atomic E-state index is -1.21. The molecule has 1 aromatic carbocycles. The second kappa shape index (κ2) is 7.61. The molecule has 0 saturated carbocycles. The Morgan fingerprint density at radius 3 is 2.61 bits per heavy atom. The van der Waals surface area contributed by atoms with Crippen LogP contribution in [-0.4, -0.2) is 59.8 Å². The van der Waals surface area contributed by atoms with Gasteiger partial charge in [0.1, 0.15) is 24.6 Å². The van der Waals surface area contributed by atoms with E-state index in [1.165, 1.54) is 17.2 Å². The number of rotatable bonds is 5. The number of nitrogens with one attached hydrogen (secondary N) is 1. The highest BCUT2D eigenvalue weighted by Crippen LogP contribution is 2.32. The SMILES string of the molecule is CC(Nc1ncnc2c1ncn2C1OC(CO)C(O)C1O)c1ccc(Cl)cc1. The van der Waals surface area contributed by atoms with E-state index in [-0.39, 0.29) is 6.04 Å². The van der Waals surface area contributed by atoms with Crippen LogP contribution < -0.4 is 5.32 Å². The highest BCUT2D eigenvalue weighted by Gasteiger charge is 2.44. The smallest absolute Gasteiger partial charge is 0.167 e. The van der Waals surface area contributed by atoms with Gasteiger partial charge in [0.05, 0.1) is 19.0 Å². The second-order valence-electron chi connectivity index (χ2n) is 6.69. The molecular weight excluding hydrogens is 386 g/mol. The Morgan fingerprint density at radius 1 is 1.18 bits per heavy atom. The first-order valence-corrected chi connectivity index (χ1v) is 9.19. The summed E-state index contributed by atoms with van der Waals surface area (Å²) in [6.07, 6.45) is -1.34. The van der Waals surface area contributed by atoms with Crippen LogP contribution in [0.2, 0.25) is 5.02 Å². The zero-order chi connectivity index (χ0) is 19.8. The zero-order valence-corrected chi connectivity index (χ0v) is 15.7. The van der Waals surface area contributed by atoms with Crippen molar-refractivity contribution >= 4 is 28.6 Å². The third-order valence-electron chi connectivity index (χ3n) is 4.87. The van der Waals surface area contributed by atoms with Crippen molar-refractivity contribution in [2.24, 2.45) is 0 Å². The van der Waals surface area contributed by atoms with E-state index < -0.39 is 31.1 Å². The van der Waals surface area contributed by atoms with Gasteiger partial charge in [-0.3, -0.25) is 4.57 Å². The molecule has 28 heavy (non-hydrogen) atoms. The summed E-state index contributed by atoms with van der Waals surface area (Å²) in [5.74, 6) is 0.526. The van der Waals surface area contributed by atoms with Crippen LogP contribution in [0.1, 0.15) is 24.8 Å². The van der Waals surface area contributed by atoms with Crippen LogP contribution in [0, 0.1) is 0 Å². The van der Waals surface area contributed by atoms with E-state index in [9.17, 15) is 15.3 Å². The Hall–Kier alpha value is -2.30. The van der Waals surface area contributed by atoms with Crippen molar-refractivity contribution in [2.45, 2.75) is 37.5 Å². The molecule has 5 atom stereocenters. The van der Waals surface area contributed by atoms with Gasteiger partial charge in [-0.05, 0) is 24.6 Å². The summed E-state index contributed by atoms with van der Waals surface area (Å²) in [5.41, 5.74) is 1.97. The molecule has 0 spiro atoms. The first kappa shape index (κ1) is 19.0.